The van der Waals surface area contributed by atoms with E-state index in [9.17, 15) is 4.79 Å². The highest BCUT2D eigenvalue weighted by Gasteiger charge is 2.11. The topological polar surface area (TPSA) is 54.9 Å². The molecule has 1 heterocycles. The summed E-state index contributed by atoms with van der Waals surface area (Å²) in [5.41, 5.74) is 4.31. The molecule has 0 bridgehead atoms. The average Bonchev–Trinajstić information content (AvgIpc) is 2.58. The number of carbonyl (C=O) groups excluding carboxylic acids is 1. The first-order valence-electron chi connectivity index (χ1n) is 6.98. The van der Waals surface area contributed by atoms with Gasteiger partial charge in [0.2, 0.25) is 0 Å². The number of carbonyl (C=O) groups is 1. The maximum Gasteiger partial charge on any atom is 0.275 e. The minimum Gasteiger partial charge on any atom is -0.320 e. The standard InChI is InChI=1S/C18H15N3O/c1-13-15(14-6-3-2-4-7-14)8-5-9-16(13)21-18(22)17-12-19-10-11-20-17/h2-12H,1H3,(H,21,22). The summed E-state index contributed by atoms with van der Waals surface area (Å²) >= 11 is 0. The van der Waals surface area contributed by atoms with Crippen molar-refractivity contribution in [3.63, 3.8) is 0 Å². The third kappa shape index (κ3) is 2.86. The lowest BCUT2D eigenvalue weighted by Crippen LogP contribution is -2.14. The lowest BCUT2D eigenvalue weighted by Gasteiger charge is -2.12. The van der Waals surface area contributed by atoms with E-state index >= 15 is 0 Å². The molecule has 1 N–H and O–H groups in total. The Morgan fingerprint density at radius 1 is 1.00 bits per heavy atom. The zero-order chi connectivity index (χ0) is 15.4. The largest absolute Gasteiger partial charge is 0.320 e. The predicted molar refractivity (Wildman–Crippen MR) is 86.6 cm³/mol. The van der Waals surface area contributed by atoms with Crippen LogP contribution in [0, 0.1) is 6.92 Å². The van der Waals surface area contributed by atoms with Crippen LogP contribution in [0.15, 0.2) is 67.1 Å². The fourth-order valence-corrected chi connectivity index (χ4v) is 2.30. The van der Waals surface area contributed by atoms with Gasteiger partial charge in [-0.3, -0.25) is 9.78 Å². The minimum atomic E-state index is -0.263. The quantitative estimate of drug-likeness (QED) is 0.799. The van der Waals surface area contributed by atoms with Crippen molar-refractivity contribution in [2.75, 3.05) is 5.32 Å². The Kier molecular flexibility index (Phi) is 3.92. The fraction of sp³-hybridized carbons (Fsp3) is 0.0556. The summed E-state index contributed by atoms with van der Waals surface area (Å²) in [6.45, 7) is 1.99. The Morgan fingerprint density at radius 3 is 2.55 bits per heavy atom. The van der Waals surface area contributed by atoms with Crippen LogP contribution in [-0.2, 0) is 0 Å². The zero-order valence-electron chi connectivity index (χ0n) is 12.2. The van der Waals surface area contributed by atoms with E-state index in [2.05, 4.69) is 27.4 Å². The highest BCUT2D eigenvalue weighted by Crippen LogP contribution is 2.28. The smallest absolute Gasteiger partial charge is 0.275 e. The summed E-state index contributed by atoms with van der Waals surface area (Å²) < 4.78 is 0. The van der Waals surface area contributed by atoms with Gasteiger partial charge >= 0.3 is 0 Å². The highest BCUT2D eigenvalue weighted by molar-refractivity contribution is 6.03. The molecule has 0 unspecified atom stereocenters. The number of hydrogen-bond donors (Lipinski definition) is 1. The molecule has 2 aromatic carbocycles. The van der Waals surface area contributed by atoms with Crippen molar-refractivity contribution >= 4 is 11.6 Å². The molecule has 1 aromatic heterocycles. The molecule has 0 saturated carbocycles. The van der Waals surface area contributed by atoms with Crippen LogP contribution in [0.1, 0.15) is 16.1 Å². The summed E-state index contributed by atoms with van der Waals surface area (Å²) in [7, 11) is 0. The molecule has 4 nitrogen and oxygen atoms in total. The van der Waals surface area contributed by atoms with E-state index in [1.54, 1.807) is 0 Å². The summed E-state index contributed by atoms with van der Waals surface area (Å²) in [5, 5.41) is 2.90. The van der Waals surface area contributed by atoms with Gasteiger partial charge in [0.1, 0.15) is 5.69 Å². The Labute approximate surface area is 128 Å². The maximum absolute atomic E-state index is 12.2. The SMILES string of the molecule is Cc1c(NC(=O)c2cnccn2)cccc1-c1ccccc1. The first kappa shape index (κ1) is 13.9. The number of nitrogens with zero attached hydrogens (tertiary/aromatic N) is 2. The summed E-state index contributed by atoms with van der Waals surface area (Å²) in [6.07, 6.45) is 4.49. The van der Waals surface area contributed by atoms with Crippen molar-refractivity contribution in [2.45, 2.75) is 6.92 Å². The second-order valence-corrected chi connectivity index (χ2v) is 4.89. The predicted octanol–water partition coefficient (Wildman–Crippen LogP) is 3.70. The summed E-state index contributed by atoms with van der Waals surface area (Å²) in [5.74, 6) is -0.263. The van der Waals surface area contributed by atoms with Crippen molar-refractivity contribution in [2.24, 2.45) is 0 Å². The summed E-state index contributed by atoms with van der Waals surface area (Å²) in [4.78, 5) is 20.1. The molecule has 0 aliphatic carbocycles. The van der Waals surface area contributed by atoms with Crippen LogP contribution in [0.3, 0.4) is 0 Å². The number of nitrogens with one attached hydrogen (secondary N) is 1. The number of anilines is 1. The van der Waals surface area contributed by atoms with E-state index in [-0.39, 0.29) is 5.91 Å². The second kappa shape index (κ2) is 6.18. The molecule has 0 aliphatic rings. The highest BCUT2D eigenvalue weighted by atomic mass is 16.1. The van der Waals surface area contributed by atoms with Gasteiger partial charge in [-0.15, -0.1) is 0 Å². The average molecular weight is 289 g/mol. The third-order valence-electron chi connectivity index (χ3n) is 3.46. The van der Waals surface area contributed by atoms with E-state index < -0.39 is 0 Å². The van der Waals surface area contributed by atoms with Crippen LogP contribution in [-0.4, -0.2) is 15.9 Å². The minimum absolute atomic E-state index is 0.263. The van der Waals surface area contributed by atoms with Gasteiger partial charge in [0, 0.05) is 18.1 Å². The van der Waals surface area contributed by atoms with E-state index in [4.69, 9.17) is 0 Å². The zero-order valence-corrected chi connectivity index (χ0v) is 12.2. The molecular weight excluding hydrogens is 274 g/mol. The molecule has 4 heteroatoms. The lowest BCUT2D eigenvalue weighted by molar-refractivity contribution is 0.102. The molecule has 22 heavy (non-hydrogen) atoms. The molecule has 3 rings (SSSR count). The third-order valence-corrected chi connectivity index (χ3v) is 3.46. The molecule has 3 aromatic rings. The number of hydrogen-bond acceptors (Lipinski definition) is 3. The fourth-order valence-electron chi connectivity index (χ4n) is 2.30. The van der Waals surface area contributed by atoms with Gasteiger partial charge in [-0.1, -0.05) is 42.5 Å². The van der Waals surface area contributed by atoms with Gasteiger partial charge in [-0.25, -0.2) is 4.98 Å². The molecule has 108 valence electrons. The molecular formula is C18H15N3O. The first-order chi connectivity index (χ1) is 10.8. The number of aromatic nitrogens is 2. The van der Waals surface area contributed by atoms with Crippen molar-refractivity contribution in [1.82, 2.24) is 9.97 Å². The molecule has 0 atom stereocenters. The summed E-state index contributed by atoms with van der Waals surface area (Å²) in [6, 6.07) is 15.9. The number of amides is 1. The second-order valence-electron chi connectivity index (χ2n) is 4.89. The van der Waals surface area contributed by atoms with Crippen LogP contribution >= 0.6 is 0 Å². The Hall–Kier alpha value is -3.01. The molecule has 0 aliphatic heterocycles. The van der Waals surface area contributed by atoms with Gasteiger partial charge in [-0.05, 0) is 29.7 Å². The lowest BCUT2D eigenvalue weighted by atomic mass is 9.99. The van der Waals surface area contributed by atoms with E-state index in [1.807, 2.05) is 43.3 Å². The van der Waals surface area contributed by atoms with Crippen molar-refractivity contribution in [3.05, 3.63) is 78.4 Å². The molecule has 1 amide bonds. The molecule has 0 radical (unpaired) electrons. The van der Waals surface area contributed by atoms with Gasteiger partial charge in [0.15, 0.2) is 0 Å². The van der Waals surface area contributed by atoms with Crippen molar-refractivity contribution < 1.29 is 4.79 Å². The van der Waals surface area contributed by atoms with Gasteiger partial charge in [0.25, 0.3) is 5.91 Å². The molecule has 0 spiro atoms. The normalized spacial score (nSPS) is 10.2. The van der Waals surface area contributed by atoms with E-state index in [0.717, 1.165) is 22.4 Å². The van der Waals surface area contributed by atoms with Crippen LogP contribution in [0.25, 0.3) is 11.1 Å². The van der Waals surface area contributed by atoms with Crippen molar-refractivity contribution in [1.29, 1.82) is 0 Å². The molecule has 0 saturated heterocycles. The van der Waals surface area contributed by atoms with Gasteiger partial charge < -0.3 is 5.32 Å². The van der Waals surface area contributed by atoms with Crippen LogP contribution < -0.4 is 5.32 Å². The number of benzene rings is 2. The Balaban J connectivity index is 1.91. The first-order valence-corrected chi connectivity index (χ1v) is 6.98. The van der Waals surface area contributed by atoms with Crippen molar-refractivity contribution in [3.8, 4) is 11.1 Å². The number of rotatable bonds is 3. The van der Waals surface area contributed by atoms with E-state index in [1.165, 1.54) is 18.6 Å². The van der Waals surface area contributed by atoms with Crippen LogP contribution in [0.5, 0.6) is 0 Å². The maximum atomic E-state index is 12.2. The van der Waals surface area contributed by atoms with E-state index in [0.29, 0.717) is 5.69 Å². The van der Waals surface area contributed by atoms with Gasteiger partial charge in [0.05, 0.1) is 6.20 Å². The Morgan fingerprint density at radius 2 is 1.82 bits per heavy atom. The van der Waals surface area contributed by atoms with Crippen LogP contribution in [0.2, 0.25) is 0 Å². The van der Waals surface area contributed by atoms with Crippen LogP contribution in [0.4, 0.5) is 5.69 Å². The Bertz CT molecular complexity index is 786. The molecule has 0 fully saturated rings. The monoisotopic (exact) mass is 289 g/mol. The van der Waals surface area contributed by atoms with Gasteiger partial charge in [-0.2, -0.15) is 0 Å².